The molecule has 2 aromatic rings. The van der Waals surface area contributed by atoms with Crippen molar-refractivity contribution in [3.05, 3.63) is 45.7 Å². The minimum absolute atomic E-state index is 0. The van der Waals surface area contributed by atoms with Crippen molar-refractivity contribution in [3.63, 3.8) is 0 Å². The van der Waals surface area contributed by atoms with Gasteiger partial charge in [-0.05, 0) is 56.3 Å². The van der Waals surface area contributed by atoms with Gasteiger partial charge in [0.25, 0.3) is 11.5 Å². The van der Waals surface area contributed by atoms with Crippen LogP contribution in [0.5, 0.6) is 0 Å². The van der Waals surface area contributed by atoms with Gasteiger partial charge in [0.15, 0.2) is 0 Å². The zero-order chi connectivity index (χ0) is 16.7. The molecule has 3 heterocycles. The molecule has 0 radical (unpaired) electrons. The zero-order valence-corrected chi connectivity index (χ0v) is 15.2. The van der Waals surface area contributed by atoms with Gasteiger partial charge in [0.2, 0.25) is 0 Å². The van der Waals surface area contributed by atoms with Crippen LogP contribution in [0.2, 0.25) is 0 Å². The molecule has 2 aliphatic heterocycles. The number of aromatic nitrogens is 1. The number of halogens is 1. The van der Waals surface area contributed by atoms with Crippen LogP contribution in [0.3, 0.4) is 0 Å². The Balaban J connectivity index is 0.00000182. The number of pyridine rings is 1. The van der Waals surface area contributed by atoms with E-state index in [9.17, 15) is 9.59 Å². The number of aryl methyl sites for hydroxylation is 1. The van der Waals surface area contributed by atoms with E-state index in [2.05, 4.69) is 10.3 Å². The maximum Gasteiger partial charge on any atom is 0.261 e. The van der Waals surface area contributed by atoms with Crippen molar-refractivity contribution in [1.29, 1.82) is 0 Å². The molecule has 1 aromatic carbocycles. The molecule has 5 nitrogen and oxygen atoms in total. The number of amides is 1. The van der Waals surface area contributed by atoms with Crippen LogP contribution in [0.15, 0.2) is 29.1 Å². The molecule has 4 rings (SSSR count). The summed E-state index contributed by atoms with van der Waals surface area (Å²) in [7, 11) is 0. The van der Waals surface area contributed by atoms with Crippen LogP contribution in [0, 0.1) is 18.8 Å². The Kier molecular flexibility index (Phi) is 5.16. The third-order valence-electron chi connectivity index (χ3n) is 5.70. The number of aromatic amines is 1. The van der Waals surface area contributed by atoms with Gasteiger partial charge in [-0.25, -0.2) is 0 Å². The topological polar surface area (TPSA) is 65.2 Å². The average molecular weight is 362 g/mol. The standard InChI is InChI=1S/C19H23N3O2.ClH/c1-12-15-4-2-3-5-16(15)21-18(23)17(12)19(24)22-8-6-13-10-20-11-14(13)7-9-22;/h2-5,13-14,20H,6-11H2,1H3,(H,21,23);1H/t13-,14+;. The predicted octanol–water partition coefficient (Wildman–Crippen LogP) is 2.33. The summed E-state index contributed by atoms with van der Waals surface area (Å²) in [5.74, 6) is 1.21. The van der Waals surface area contributed by atoms with Gasteiger partial charge in [-0.15, -0.1) is 12.4 Å². The van der Waals surface area contributed by atoms with E-state index in [1.165, 1.54) is 0 Å². The average Bonchev–Trinajstić information content (AvgIpc) is 2.93. The normalized spacial score (nSPS) is 23.0. The largest absolute Gasteiger partial charge is 0.338 e. The Morgan fingerprint density at radius 3 is 2.44 bits per heavy atom. The molecule has 0 bridgehead atoms. The fourth-order valence-electron chi connectivity index (χ4n) is 4.25. The van der Waals surface area contributed by atoms with Crippen molar-refractivity contribution in [2.24, 2.45) is 11.8 Å². The summed E-state index contributed by atoms with van der Waals surface area (Å²) in [6.07, 6.45) is 2.04. The molecule has 2 N–H and O–H groups in total. The van der Waals surface area contributed by atoms with Crippen molar-refractivity contribution < 1.29 is 4.79 Å². The molecule has 0 saturated carbocycles. The van der Waals surface area contributed by atoms with Gasteiger partial charge >= 0.3 is 0 Å². The summed E-state index contributed by atoms with van der Waals surface area (Å²) in [5, 5.41) is 4.39. The second-order valence-electron chi connectivity index (χ2n) is 7.05. The second-order valence-corrected chi connectivity index (χ2v) is 7.05. The molecule has 2 fully saturated rings. The van der Waals surface area contributed by atoms with Crippen LogP contribution < -0.4 is 10.9 Å². The fraction of sp³-hybridized carbons (Fsp3) is 0.474. The Hall–Kier alpha value is -1.85. The first kappa shape index (κ1) is 18.0. The summed E-state index contributed by atoms with van der Waals surface area (Å²) in [4.78, 5) is 30.3. The second kappa shape index (κ2) is 7.18. The van der Waals surface area contributed by atoms with Gasteiger partial charge in [0, 0.05) is 24.0 Å². The first-order valence-electron chi connectivity index (χ1n) is 8.77. The number of hydrogen-bond acceptors (Lipinski definition) is 3. The number of likely N-dealkylation sites (tertiary alicyclic amines) is 1. The highest BCUT2D eigenvalue weighted by molar-refractivity contribution is 5.99. The summed E-state index contributed by atoms with van der Waals surface area (Å²) in [5.41, 5.74) is 1.60. The van der Waals surface area contributed by atoms with Gasteiger partial charge in [0.05, 0.1) is 0 Å². The third kappa shape index (κ3) is 3.18. The Morgan fingerprint density at radius 2 is 1.76 bits per heavy atom. The summed E-state index contributed by atoms with van der Waals surface area (Å²) < 4.78 is 0. The van der Waals surface area contributed by atoms with Crippen molar-refractivity contribution >= 4 is 29.2 Å². The Labute approximate surface area is 153 Å². The van der Waals surface area contributed by atoms with Crippen LogP contribution in [-0.4, -0.2) is 42.0 Å². The molecule has 0 unspecified atom stereocenters. The SMILES string of the molecule is Cc1c(C(=O)N2CC[C@@H]3CNC[C@@H]3CC2)c(=O)[nH]c2ccccc12.Cl. The lowest BCUT2D eigenvalue weighted by molar-refractivity contribution is 0.0756. The van der Waals surface area contributed by atoms with Crippen LogP contribution >= 0.6 is 12.4 Å². The summed E-state index contributed by atoms with van der Waals surface area (Å²) >= 11 is 0. The molecule has 25 heavy (non-hydrogen) atoms. The highest BCUT2D eigenvalue weighted by atomic mass is 35.5. The molecule has 2 atom stereocenters. The van der Waals surface area contributed by atoms with Gasteiger partial charge in [-0.1, -0.05) is 18.2 Å². The number of nitrogens with one attached hydrogen (secondary N) is 2. The lowest BCUT2D eigenvalue weighted by Gasteiger charge is -2.22. The number of carbonyl (C=O) groups excluding carboxylic acids is 1. The van der Waals surface area contributed by atoms with E-state index in [4.69, 9.17) is 0 Å². The molecule has 2 aliphatic rings. The molecule has 6 heteroatoms. The van der Waals surface area contributed by atoms with Crippen LogP contribution in [0.25, 0.3) is 10.9 Å². The molecule has 1 amide bonds. The van der Waals surface area contributed by atoms with E-state index >= 15 is 0 Å². The number of hydrogen-bond donors (Lipinski definition) is 2. The Bertz CT molecular complexity index is 834. The van der Waals surface area contributed by atoms with Crippen LogP contribution in [0.1, 0.15) is 28.8 Å². The van der Waals surface area contributed by atoms with Crippen molar-refractivity contribution in [2.75, 3.05) is 26.2 Å². The number of para-hydroxylation sites is 1. The highest BCUT2D eigenvalue weighted by Crippen LogP contribution is 2.28. The van der Waals surface area contributed by atoms with Crippen molar-refractivity contribution in [1.82, 2.24) is 15.2 Å². The number of benzene rings is 1. The minimum Gasteiger partial charge on any atom is -0.338 e. The molecule has 1 aromatic heterocycles. The monoisotopic (exact) mass is 361 g/mol. The zero-order valence-electron chi connectivity index (χ0n) is 14.4. The van der Waals surface area contributed by atoms with Crippen LogP contribution in [0.4, 0.5) is 0 Å². The minimum atomic E-state index is -0.276. The molecule has 2 saturated heterocycles. The number of H-pyrrole nitrogens is 1. The number of rotatable bonds is 1. The molecule has 0 spiro atoms. The van der Waals surface area contributed by atoms with Crippen LogP contribution in [-0.2, 0) is 0 Å². The predicted molar refractivity (Wildman–Crippen MR) is 102 cm³/mol. The van der Waals surface area contributed by atoms with E-state index in [-0.39, 0.29) is 23.9 Å². The van der Waals surface area contributed by atoms with E-state index < -0.39 is 0 Å². The summed E-state index contributed by atoms with van der Waals surface area (Å²) in [6.45, 7) is 5.48. The van der Waals surface area contributed by atoms with Gasteiger partial charge in [-0.3, -0.25) is 9.59 Å². The van der Waals surface area contributed by atoms with E-state index in [1.54, 1.807) is 0 Å². The highest BCUT2D eigenvalue weighted by Gasteiger charge is 2.32. The number of fused-ring (bicyclic) bond motifs is 2. The first-order valence-corrected chi connectivity index (χ1v) is 8.77. The third-order valence-corrected chi connectivity index (χ3v) is 5.70. The van der Waals surface area contributed by atoms with Gasteiger partial charge < -0.3 is 15.2 Å². The van der Waals surface area contributed by atoms with Gasteiger partial charge in [-0.2, -0.15) is 0 Å². The lowest BCUT2D eigenvalue weighted by atomic mass is 9.92. The molecule has 134 valence electrons. The van der Waals surface area contributed by atoms with Crippen molar-refractivity contribution in [2.45, 2.75) is 19.8 Å². The maximum atomic E-state index is 13.0. The number of carbonyl (C=O) groups is 1. The van der Waals surface area contributed by atoms with E-state index in [1.807, 2.05) is 36.1 Å². The Morgan fingerprint density at radius 1 is 1.12 bits per heavy atom. The fourth-order valence-corrected chi connectivity index (χ4v) is 4.25. The summed E-state index contributed by atoms with van der Waals surface area (Å²) in [6, 6.07) is 7.65. The smallest absolute Gasteiger partial charge is 0.261 e. The number of nitrogens with zero attached hydrogens (tertiary/aromatic N) is 1. The molecular weight excluding hydrogens is 338 g/mol. The van der Waals surface area contributed by atoms with E-state index in [0.29, 0.717) is 17.4 Å². The maximum absolute atomic E-state index is 13.0. The van der Waals surface area contributed by atoms with E-state index in [0.717, 1.165) is 55.5 Å². The quantitative estimate of drug-likeness (QED) is 0.819. The molecular formula is C19H24ClN3O2. The lowest BCUT2D eigenvalue weighted by Crippen LogP contribution is -2.36. The molecule has 0 aliphatic carbocycles. The first-order chi connectivity index (χ1) is 11.6. The van der Waals surface area contributed by atoms with Gasteiger partial charge in [0.1, 0.15) is 5.56 Å². The van der Waals surface area contributed by atoms with Crippen molar-refractivity contribution in [3.8, 4) is 0 Å².